The molecule has 0 unspecified atom stereocenters. The highest BCUT2D eigenvalue weighted by Crippen LogP contribution is 2.27. The first-order valence-electron chi connectivity index (χ1n) is 9.99. The van der Waals surface area contributed by atoms with Gasteiger partial charge >= 0.3 is 0 Å². The molecule has 0 spiro atoms. The van der Waals surface area contributed by atoms with Gasteiger partial charge in [-0.15, -0.1) is 0 Å². The van der Waals surface area contributed by atoms with Crippen LogP contribution in [0.15, 0.2) is 24.3 Å². The van der Waals surface area contributed by atoms with Crippen molar-refractivity contribution < 1.29 is 14.3 Å². The number of benzene rings is 1. The lowest BCUT2D eigenvalue weighted by molar-refractivity contribution is -0.122. The minimum absolute atomic E-state index is 0.0178. The van der Waals surface area contributed by atoms with Crippen LogP contribution in [-0.2, 0) is 9.53 Å². The number of anilines is 1. The molecule has 2 amide bonds. The molecule has 2 aliphatic rings. The van der Waals surface area contributed by atoms with Crippen LogP contribution in [0.3, 0.4) is 0 Å². The minimum atomic E-state index is 0.0178. The molecular formula is C21H31N3O3. The summed E-state index contributed by atoms with van der Waals surface area (Å²) >= 11 is 0. The first kappa shape index (κ1) is 19.8. The van der Waals surface area contributed by atoms with Crippen molar-refractivity contribution >= 4 is 17.5 Å². The number of ether oxygens (including phenoxy) is 1. The Morgan fingerprint density at radius 3 is 2.37 bits per heavy atom. The van der Waals surface area contributed by atoms with E-state index in [9.17, 15) is 9.59 Å². The molecule has 1 atom stereocenters. The maximum absolute atomic E-state index is 13.0. The third-order valence-corrected chi connectivity index (χ3v) is 5.43. The molecule has 2 fully saturated rings. The molecule has 1 aromatic carbocycles. The molecule has 1 aliphatic heterocycles. The Hall–Kier alpha value is -1.92. The Bertz CT molecular complexity index is 635. The average molecular weight is 373 g/mol. The second-order valence-electron chi connectivity index (χ2n) is 7.88. The van der Waals surface area contributed by atoms with Crippen molar-refractivity contribution in [3.8, 4) is 0 Å². The first-order valence-corrected chi connectivity index (χ1v) is 9.99. The maximum atomic E-state index is 13.0. The predicted octanol–water partition coefficient (Wildman–Crippen LogP) is 2.61. The van der Waals surface area contributed by atoms with Crippen LogP contribution in [-0.4, -0.2) is 68.1 Å². The van der Waals surface area contributed by atoms with E-state index < -0.39 is 0 Å². The highest BCUT2D eigenvalue weighted by atomic mass is 16.5. The van der Waals surface area contributed by atoms with Crippen molar-refractivity contribution in [3.63, 3.8) is 0 Å². The number of hydrogen-bond donors (Lipinski definition) is 1. The predicted molar refractivity (Wildman–Crippen MR) is 106 cm³/mol. The van der Waals surface area contributed by atoms with Crippen LogP contribution >= 0.6 is 0 Å². The standard InChI is InChI=1S/C21H31N3O3/c1-23(2)12-13-24(15-19-7-4-14-27-19)21(26)17-8-10-18(11-9-17)22-20(25)16-5-3-6-16/h8-11,16,19H,3-7,12-15H2,1-2H3,(H,22,25)/t19-/m0/s1. The SMILES string of the molecule is CN(C)CCN(C[C@@H]1CCCO1)C(=O)c1ccc(NC(=O)C2CCC2)cc1. The lowest BCUT2D eigenvalue weighted by Gasteiger charge is -2.27. The summed E-state index contributed by atoms with van der Waals surface area (Å²) in [6.07, 6.45) is 5.31. The van der Waals surface area contributed by atoms with Gasteiger partial charge in [0.1, 0.15) is 0 Å². The molecular weight excluding hydrogens is 342 g/mol. The minimum Gasteiger partial charge on any atom is -0.376 e. The van der Waals surface area contributed by atoms with Gasteiger partial charge in [-0.25, -0.2) is 0 Å². The van der Waals surface area contributed by atoms with Gasteiger partial charge in [0.15, 0.2) is 0 Å². The molecule has 1 aromatic rings. The largest absolute Gasteiger partial charge is 0.376 e. The third kappa shape index (κ3) is 5.53. The Kier molecular flexibility index (Phi) is 6.85. The molecule has 1 heterocycles. The van der Waals surface area contributed by atoms with Crippen LogP contribution in [0.1, 0.15) is 42.5 Å². The Balaban J connectivity index is 1.61. The Labute approximate surface area is 161 Å². The molecule has 1 saturated heterocycles. The number of carbonyl (C=O) groups excluding carboxylic acids is 2. The van der Waals surface area contributed by atoms with Crippen molar-refractivity contribution in [2.75, 3.05) is 45.7 Å². The summed E-state index contributed by atoms with van der Waals surface area (Å²) in [5, 5.41) is 2.95. The van der Waals surface area contributed by atoms with Gasteiger partial charge in [0, 0.05) is 43.4 Å². The highest BCUT2D eigenvalue weighted by molar-refractivity contribution is 5.96. The molecule has 3 rings (SSSR count). The maximum Gasteiger partial charge on any atom is 0.253 e. The fourth-order valence-electron chi connectivity index (χ4n) is 3.42. The second kappa shape index (κ2) is 9.33. The summed E-state index contributed by atoms with van der Waals surface area (Å²) in [6.45, 7) is 2.91. The van der Waals surface area contributed by atoms with Gasteiger partial charge in [-0.2, -0.15) is 0 Å². The Morgan fingerprint density at radius 2 is 1.81 bits per heavy atom. The van der Waals surface area contributed by atoms with E-state index in [0.29, 0.717) is 18.7 Å². The third-order valence-electron chi connectivity index (χ3n) is 5.43. The van der Waals surface area contributed by atoms with E-state index in [1.165, 1.54) is 0 Å². The van der Waals surface area contributed by atoms with Gasteiger partial charge in [0.2, 0.25) is 5.91 Å². The lowest BCUT2D eigenvalue weighted by atomic mass is 9.85. The quantitative estimate of drug-likeness (QED) is 0.761. The van der Waals surface area contributed by atoms with Crippen molar-refractivity contribution in [2.24, 2.45) is 5.92 Å². The Morgan fingerprint density at radius 1 is 1.07 bits per heavy atom. The van der Waals surface area contributed by atoms with E-state index in [1.807, 2.05) is 31.1 Å². The molecule has 1 aliphatic carbocycles. The summed E-state index contributed by atoms with van der Waals surface area (Å²) in [7, 11) is 4.02. The van der Waals surface area contributed by atoms with Crippen molar-refractivity contribution in [1.82, 2.24) is 9.80 Å². The number of nitrogens with zero attached hydrogens (tertiary/aromatic N) is 2. The summed E-state index contributed by atoms with van der Waals surface area (Å²) in [5.41, 5.74) is 1.40. The molecule has 0 bridgehead atoms. The summed E-state index contributed by atoms with van der Waals surface area (Å²) in [6, 6.07) is 7.24. The van der Waals surface area contributed by atoms with Crippen LogP contribution in [0.4, 0.5) is 5.69 Å². The zero-order valence-corrected chi connectivity index (χ0v) is 16.4. The van der Waals surface area contributed by atoms with Gasteiger partial charge in [0.05, 0.1) is 6.10 Å². The number of hydrogen-bond acceptors (Lipinski definition) is 4. The van der Waals surface area contributed by atoms with Crippen LogP contribution < -0.4 is 5.32 Å². The molecule has 27 heavy (non-hydrogen) atoms. The van der Waals surface area contributed by atoms with Crippen LogP contribution in [0.5, 0.6) is 0 Å². The monoisotopic (exact) mass is 373 g/mol. The molecule has 1 N–H and O–H groups in total. The van der Waals surface area contributed by atoms with Gasteiger partial charge in [-0.3, -0.25) is 9.59 Å². The van der Waals surface area contributed by atoms with Gasteiger partial charge in [0.25, 0.3) is 5.91 Å². The van der Waals surface area contributed by atoms with E-state index in [1.54, 1.807) is 12.1 Å². The summed E-state index contributed by atoms with van der Waals surface area (Å²) in [4.78, 5) is 29.0. The average Bonchev–Trinajstić information content (AvgIpc) is 3.10. The van der Waals surface area contributed by atoms with E-state index in [0.717, 1.165) is 50.9 Å². The summed E-state index contributed by atoms with van der Waals surface area (Å²) in [5.74, 6) is 0.259. The highest BCUT2D eigenvalue weighted by Gasteiger charge is 2.26. The molecule has 0 aromatic heterocycles. The fraction of sp³-hybridized carbons (Fsp3) is 0.619. The zero-order chi connectivity index (χ0) is 19.2. The van der Waals surface area contributed by atoms with Crippen molar-refractivity contribution in [2.45, 2.75) is 38.2 Å². The number of likely N-dealkylation sites (N-methyl/N-ethyl adjacent to an activating group) is 1. The van der Waals surface area contributed by atoms with Crippen LogP contribution in [0.2, 0.25) is 0 Å². The number of rotatable bonds is 8. The molecule has 6 heteroatoms. The summed E-state index contributed by atoms with van der Waals surface area (Å²) < 4.78 is 5.72. The van der Waals surface area contributed by atoms with Crippen LogP contribution in [0.25, 0.3) is 0 Å². The normalized spacial score (nSPS) is 19.7. The molecule has 1 saturated carbocycles. The van der Waals surface area contributed by atoms with Gasteiger partial charge in [-0.05, 0) is 64.0 Å². The number of nitrogens with one attached hydrogen (secondary N) is 1. The van der Waals surface area contributed by atoms with Gasteiger partial charge < -0.3 is 19.9 Å². The van der Waals surface area contributed by atoms with E-state index in [4.69, 9.17) is 4.74 Å². The zero-order valence-electron chi connectivity index (χ0n) is 16.4. The lowest BCUT2D eigenvalue weighted by Crippen LogP contribution is -2.41. The molecule has 6 nitrogen and oxygen atoms in total. The molecule has 0 radical (unpaired) electrons. The van der Waals surface area contributed by atoms with Gasteiger partial charge in [-0.1, -0.05) is 6.42 Å². The second-order valence-corrected chi connectivity index (χ2v) is 7.88. The molecule has 148 valence electrons. The number of carbonyl (C=O) groups is 2. The van der Waals surface area contributed by atoms with E-state index in [-0.39, 0.29) is 23.8 Å². The number of amides is 2. The topological polar surface area (TPSA) is 61.9 Å². The van der Waals surface area contributed by atoms with E-state index >= 15 is 0 Å². The first-order chi connectivity index (χ1) is 13.0. The fourth-order valence-corrected chi connectivity index (χ4v) is 3.42. The van der Waals surface area contributed by atoms with Crippen molar-refractivity contribution in [1.29, 1.82) is 0 Å². The van der Waals surface area contributed by atoms with Crippen molar-refractivity contribution in [3.05, 3.63) is 29.8 Å². The van der Waals surface area contributed by atoms with E-state index in [2.05, 4.69) is 10.2 Å². The van der Waals surface area contributed by atoms with Crippen LogP contribution in [0, 0.1) is 5.92 Å². The smallest absolute Gasteiger partial charge is 0.253 e.